The minimum absolute atomic E-state index is 0.505. The second kappa shape index (κ2) is 7.72. The van der Waals surface area contributed by atoms with E-state index in [2.05, 4.69) is 56.1 Å². The van der Waals surface area contributed by atoms with Crippen LogP contribution in [0.5, 0.6) is 5.75 Å². The van der Waals surface area contributed by atoms with Gasteiger partial charge in [0.2, 0.25) is 0 Å². The van der Waals surface area contributed by atoms with Crippen LogP contribution in [0.15, 0.2) is 60.8 Å². The second-order valence-electron chi connectivity index (χ2n) is 7.64. The van der Waals surface area contributed by atoms with E-state index in [1.807, 2.05) is 24.4 Å². The number of benzene rings is 2. The molecule has 1 fully saturated rings. The van der Waals surface area contributed by atoms with Gasteiger partial charge in [-0.2, -0.15) is 5.10 Å². The van der Waals surface area contributed by atoms with E-state index < -0.39 is 0 Å². The number of hydrogen-bond donors (Lipinski definition) is 1. The summed E-state index contributed by atoms with van der Waals surface area (Å²) in [5.74, 6) is 2.44. The molecule has 6 heteroatoms. The summed E-state index contributed by atoms with van der Waals surface area (Å²) in [4.78, 5) is 7.49. The molecule has 0 saturated carbocycles. The summed E-state index contributed by atoms with van der Waals surface area (Å²) in [5.41, 5.74) is 4.50. The zero-order chi connectivity index (χ0) is 19.6. The lowest BCUT2D eigenvalue weighted by molar-refractivity contribution is 0.193. The Morgan fingerprint density at radius 1 is 1.10 bits per heavy atom. The fraction of sp³-hybridized carbons (Fsp3) is 0.304. The molecule has 0 radical (unpaired) electrons. The van der Waals surface area contributed by atoms with E-state index in [-0.39, 0.29) is 0 Å². The average Bonchev–Trinajstić information content (AvgIpc) is 3.42. The number of imidazole rings is 1. The molecule has 4 aromatic rings. The van der Waals surface area contributed by atoms with Crippen LogP contribution >= 0.6 is 0 Å². The van der Waals surface area contributed by atoms with E-state index in [9.17, 15) is 0 Å². The van der Waals surface area contributed by atoms with Gasteiger partial charge in [-0.15, -0.1) is 0 Å². The summed E-state index contributed by atoms with van der Waals surface area (Å²) in [7, 11) is 1.69. The molecule has 1 N–H and O–H groups in total. The molecule has 2 aromatic heterocycles. The van der Waals surface area contributed by atoms with Gasteiger partial charge in [0.15, 0.2) is 0 Å². The smallest absolute Gasteiger partial charge is 0.128 e. The SMILES string of the molecule is COc1ccc(-n2c(CN3CCC[C@@H](c4ccn[nH]4)C3)nc3ccccc32)cc1. The van der Waals surface area contributed by atoms with E-state index in [0.717, 1.165) is 47.9 Å². The Morgan fingerprint density at radius 3 is 2.76 bits per heavy atom. The third-order valence-corrected chi connectivity index (χ3v) is 5.79. The van der Waals surface area contributed by atoms with Crippen LogP contribution in [0.1, 0.15) is 30.3 Å². The first-order valence-corrected chi connectivity index (χ1v) is 10.1. The first-order valence-electron chi connectivity index (χ1n) is 10.1. The zero-order valence-electron chi connectivity index (χ0n) is 16.6. The number of para-hydroxylation sites is 2. The summed E-state index contributed by atoms with van der Waals surface area (Å²) in [6.07, 6.45) is 4.23. The summed E-state index contributed by atoms with van der Waals surface area (Å²) >= 11 is 0. The molecule has 0 spiro atoms. The number of H-pyrrole nitrogens is 1. The minimum Gasteiger partial charge on any atom is -0.497 e. The topological polar surface area (TPSA) is 59.0 Å². The highest BCUT2D eigenvalue weighted by molar-refractivity contribution is 5.78. The van der Waals surface area contributed by atoms with Gasteiger partial charge in [0.25, 0.3) is 0 Å². The zero-order valence-corrected chi connectivity index (χ0v) is 16.6. The molecular formula is C23H25N5O. The highest BCUT2D eigenvalue weighted by Crippen LogP contribution is 2.28. The van der Waals surface area contributed by atoms with Crippen LogP contribution in [0.2, 0.25) is 0 Å². The number of rotatable bonds is 5. The van der Waals surface area contributed by atoms with E-state index in [0.29, 0.717) is 5.92 Å². The Hall–Kier alpha value is -3.12. The maximum absolute atomic E-state index is 5.33. The largest absolute Gasteiger partial charge is 0.497 e. The maximum Gasteiger partial charge on any atom is 0.128 e. The van der Waals surface area contributed by atoms with Crippen molar-refractivity contribution in [2.24, 2.45) is 0 Å². The van der Waals surface area contributed by atoms with E-state index in [4.69, 9.17) is 9.72 Å². The summed E-state index contributed by atoms with van der Waals surface area (Å²) in [6, 6.07) is 18.6. The van der Waals surface area contributed by atoms with Crippen LogP contribution in [-0.4, -0.2) is 44.8 Å². The van der Waals surface area contributed by atoms with E-state index in [1.165, 1.54) is 18.5 Å². The number of nitrogens with zero attached hydrogens (tertiary/aromatic N) is 4. The van der Waals surface area contributed by atoms with Crippen molar-refractivity contribution >= 4 is 11.0 Å². The molecule has 6 nitrogen and oxygen atoms in total. The van der Waals surface area contributed by atoms with Gasteiger partial charge in [-0.05, 0) is 61.9 Å². The van der Waals surface area contributed by atoms with Crippen molar-refractivity contribution in [2.75, 3.05) is 20.2 Å². The molecular weight excluding hydrogens is 362 g/mol. The highest BCUT2D eigenvalue weighted by Gasteiger charge is 2.24. The Labute approximate surface area is 170 Å². The van der Waals surface area contributed by atoms with Crippen LogP contribution in [0.4, 0.5) is 0 Å². The maximum atomic E-state index is 5.33. The van der Waals surface area contributed by atoms with Gasteiger partial charge < -0.3 is 4.74 Å². The Morgan fingerprint density at radius 2 is 1.97 bits per heavy atom. The van der Waals surface area contributed by atoms with Gasteiger partial charge in [0, 0.05) is 30.0 Å². The fourth-order valence-electron chi connectivity index (χ4n) is 4.35. The quantitative estimate of drug-likeness (QED) is 0.559. The molecule has 1 aliphatic heterocycles. The molecule has 0 bridgehead atoms. The lowest BCUT2D eigenvalue weighted by Crippen LogP contribution is -2.34. The summed E-state index contributed by atoms with van der Waals surface area (Å²) < 4.78 is 7.60. The average molecular weight is 387 g/mol. The van der Waals surface area contributed by atoms with Gasteiger partial charge in [-0.3, -0.25) is 14.6 Å². The number of methoxy groups -OCH3 is 1. The van der Waals surface area contributed by atoms with Crippen LogP contribution < -0.4 is 4.74 Å². The standard InChI is InChI=1S/C23H25N5O/c1-29-19-10-8-18(9-11-19)28-22-7-3-2-6-21(22)25-23(28)16-27-14-4-5-17(15-27)20-12-13-24-26-20/h2-3,6-13,17H,4-5,14-16H2,1H3,(H,24,26)/t17-/m1/s1. The number of aromatic nitrogens is 4. The number of likely N-dealkylation sites (tertiary alicyclic amines) is 1. The molecule has 0 aliphatic carbocycles. The fourth-order valence-corrected chi connectivity index (χ4v) is 4.35. The molecule has 0 unspecified atom stereocenters. The van der Waals surface area contributed by atoms with Gasteiger partial charge >= 0.3 is 0 Å². The molecule has 0 amide bonds. The van der Waals surface area contributed by atoms with Crippen molar-refractivity contribution in [3.05, 3.63) is 72.3 Å². The molecule has 3 heterocycles. The van der Waals surface area contributed by atoms with Gasteiger partial charge in [0.05, 0.1) is 24.7 Å². The number of aromatic amines is 1. The Kier molecular flexibility index (Phi) is 4.77. The number of fused-ring (bicyclic) bond motifs is 1. The minimum atomic E-state index is 0.505. The monoisotopic (exact) mass is 387 g/mol. The molecule has 5 rings (SSSR count). The second-order valence-corrected chi connectivity index (χ2v) is 7.64. The molecule has 1 atom stereocenters. The molecule has 1 aliphatic rings. The molecule has 2 aromatic carbocycles. The lowest BCUT2D eigenvalue weighted by atomic mass is 9.95. The summed E-state index contributed by atoms with van der Waals surface area (Å²) in [6.45, 7) is 2.94. The summed E-state index contributed by atoms with van der Waals surface area (Å²) in [5, 5.41) is 7.28. The Balaban J connectivity index is 1.48. The predicted molar refractivity (Wildman–Crippen MR) is 113 cm³/mol. The highest BCUT2D eigenvalue weighted by atomic mass is 16.5. The first kappa shape index (κ1) is 17.9. The molecule has 148 valence electrons. The van der Waals surface area contributed by atoms with Gasteiger partial charge in [-0.1, -0.05) is 12.1 Å². The van der Waals surface area contributed by atoms with Crippen molar-refractivity contribution in [3.8, 4) is 11.4 Å². The molecule has 29 heavy (non-hydrogen) atoms. The number of hydrogen-bond acceptors (Lipinski definition) is 4. The van der Waals surface area contributed by atoms with Crippen LogP contribution in [-0.2, 0) is 6.54 Å². The first-order chi connectivity index (χ1) is 14.3. The number of ether oxygens (including phenoxy) is 1. The normalized spacial score (nSPS) is 17.6. The van der Waals surface area contributed by atoms with Crippen LogP contribution in [0.25, 0.3) is 16.7 Å². The Bertz CT molecular complexity index is 1080. The molecule has 1 saturated heterocycles. The van der Waals surface area contributed by atoms with Crippen molar-refractivity contribution < 1.29 is 4.74 Å². The third kappa shape index (κ3) is 3.51. The van der Waals surface area contributed by atoms with E-state index in [1.54, 1.807) is 7.11 Å². The van der Waals surface area contributed by atoms with Crippen molar-refractivity contribution in [1.29, 1.82) is 0 Å². The third-order valence-electron chi connectivity index (χ3n) is 5.79. The van der Waals surface area contributed by atoms with Crippen LogP contribution in [0, 0.1) is 0 Å². The van der Waals surface area contributed by atoms with E-state index >= 15 is 0 Å². The van der Waals surface area contributed by atoms with Gasteiger partial charge in [-0.25, -0.2) is 4.98 Å². The van der Waals surface area contributed by atoms with Crippen molar-refractivity contribution in [2.45, 2.75) is 25.3 Å². The lowest BCUT2D eigenvalue weighted by Gasteiger charge is -2.32. The van der Waals surface area contributed by atoms with Crippen LogP contribution in [0.3, 0.4) is 0 Å². The van der Waals surface area contributed by atoms with Crippen molar-refractivity contribution in [1.82, 2.24) is 24.6 Å². The number of piperidine rings is 1. The number of nitrogens with one attached hydrogen (secondary N) is 1. The predicted octanol–water partition coefficient (Wildman–Crippen LogP) is 4.14. The van der Waals surface area contributed by atoms with Gasteiger partial charge in [0.1, 0.15) is 11.6 Å². The van der Waals surface area contributed by atoms with Crippen molar-refractivity contribution in [3.63, 3.8) is 0 Å².